The molecule has 0 saturated carbocycles. The number of ether oxygens (including phenoxy) is 1. The number of benzene rings is 1. The zero-order chi connectivity index (χ0) is 17.1. The van der Waals surface area contributed by atoms with E-state index in [1.807, 2.05) is 24.3 Å². The van der Waals surface area contributed by atoms with Crippen molar-refractivity contribution >= 4 is 17.1 Å². The summed E-state index contributed by atoms with van der Waals surface area (Å²) in [7, 11) is 0. The van der Waals surface area contributed by atoms with E-state index in [1.165, 1.54) is 0 Å². The second-order valence-corrected chi connectivity index (χ2v) is 6.22. The minimum absolute atomic E-state index is 0.372. The minimum atomic E-state index is 0.372. The summed E-state index contributed by atoms with van der Waals surface area (Å²) >= 11 is 0. The molecule has 1 unspecified atom stereocenters. The Morgan fingerprint density at radius 2 is 2.24 bits per heavy atom. The van der Waals surface area contributed by atoms with E-state index in [1.54, 1.807) is 18.3 Å². The predicted octanol–water partition coefficient (Wildman–Crippen LogP) is 3.39. The first-order valence-electron chi connectivity index (χ1n) is 8.41. The highest BCUT2D eigenvalue weighted by Crippen LogP contribution is 2.26. The molecule has 0 amide bonds. The van der Waals surface area contributed by atoms with Gasteiger partial charge in [0.25, 0.3) is 6.01 Å². The normalized spacial score (nSPS) is 17.4. The molecule has 0 N–H and O–H groups in total. The van der Waals surface area contributed by atoms with E-state index in [0.717, 1.165) is 37.0 Å². The highest BCUT2D eigenvalue weighted by atomic mass is 16.5. The average Bonchev–Trinajstić information content (AvgIpc) is 3.11. The molecule has 0 spiro atoms. The second-order valence-electron chi connectivity index (χ2n) is 6.22. The van der Waals surface area contributed by atoms with Gasteiger partial charge in [-0.05, 0) is 31.0 Å². The van der Waals surface area contributed by atoms with Crippen molar-refractivity contribution in [1.82, 2.24) is 9.97 Å². The summed E-state index contributed by atoms with van der Waals surface area (Å²) in [5.74, 6) is 0.870. The van der Waals surface area contributed by atoms with Crippen molar-refractivity contribution in [2.45, 2.75) is 12.8 Å². The molecule has 1 fully saturated rings. The number of hydrogen-bond donors (Lipinski definition) is 0. The minimum Gasteiger partial charge on any atom is -0.477 e. The number of nitriles is 1. The fourth-order valence-corrected chi connectivity index (χ4v) is 3.13. The van der Waals surface area contributed by atoms with Crippen LogP contribution >= 0.6 is 0 Å². The Balaban J connectivity index is 1.41. The molecule has 0 radical (unpaired) electrons. The summed E-state index contributed by atoms with van der Waals surface area (Å²) < 4.78 is 11.7. The van der Waals surface area contributed by atoms with E-state index in [9.17, 15) is 0 Å². The van der Waals surface area contributed by atoms with Crippen LogP contribution in [0.5, 0.6) is 5.88 Å². The van der Waals surface area contributed by atoms with Crippen molar-refractivity contribution < 1.29 is 9.15 Å². The molecule has 0 bridgehead atoms. The first-order valence-corrected chi connectivity index (χ1v) is 8.41. The van der Waals surface area contributed by atoms with E-state index in [0.29, 0.717) is 30.0 Å². The second kappa shape index (κ2) is 6.81. The first-order chi connectivity index (χ1) is 12.3. The smallest absolute Gasteiger partial charge is 0.298 e. The van der Waals surface area contributed by atoms with Crippen LogP contribution in [0.3, 0.4) is 0 Å². The van der Waals surface area contributed by atoms with Gasteiger partial charge in [-0.15, -0.1) is 0 Å². The van der Waals surface area contributed by atoms with Crippen molar-refractivity contribution in [1.29, 1.82) is 5.26 Å². The van der Waals surface area contributed by atoms with Crippen molar-refractivity contribution in [3.63, 3.8) is 0 Å². The van der Waals surface area contributed by atoms with Crippen LogP contribution in [0.15, 0.2) is 47.0 Å². The molecule has 4 rings (SSSR count). The first kappa shape index (κ1) is 15.5. The molecule has 1 aliphatic rings. The topological polar surface area (TPSA) is 75.2 Å². The summed E-state index contributed by atoms with van der Waals surface area (Å²) in [6.07, 6.45) is 3.76. The SMILES string of the molecule is N#Cc1ccnc(OCC2CCCN(c3nc4ccccc4o3)C2)c1. The Bertz CT molecular complexity index is 882. The van der Waals surface area contributed by atoms with Gasteiger partial charge in [-0.1, -0.05) is 12.1 Å². The largest absolute Gasteiger partial charge is 0.477 e. The standard InChI is InChI=1S/C19H18N4O2/c20-11-14-7-8-21-18(10-14)24-13-15-4-3-9-23(12-15)19-22-16-5-1-2-6-17(16)25-19/h1-2,5-8,10,15H,3-4,9,12-13H2. The Hall–Kier alpha value is -3.07. The van der Waals surface area contributed by atoms with Crippen LogP contribution in [0.4, 0.5) is 6.01 Å². The molecule has 1 atom stereocenters. The van der Waals surface area contributed by atoms with Crippen molar-refractivity contribution in [2.75, 3.05) is 24.6 Å². The van der Waals surface area contributed by atoms with Crippen LogP contribution < -0.4 is 9.64 Å². The van der Waals surface area contributed by atoms with Gasteiger partial charge in [0.1, 0.15) is 5.52 Å². The maximum absolute atomic E-state index is 8.94. The molecule has 1 aliphatic heterocycles. The molecule has 126 valence electrons. The van der Waals surface area contributed by atoms with Gasteiger partial charge < -0.3 is 14.1 Å². The number of oxazole rings is 1. The third-order valence-corrected chi connectivity index (χ3v) is 4.40. The van der Waals surface area contributed by atoms with E-state index < -0.39 is 0 Å². The quantitative estimate of drug-likeness (QED) is 0.728. The number of fused-ring (bicyclic) bond motifs is 1. The molecule has 25 heavy (non-hydrogen) atoms. The molecule has 0 aliphatic carbocycles. The van der Waals surface area contributed by atoms with Crippen molar-refractivity contribution in [3.05, 3.63) is 48.2 Å². The zero-order valence-electron chi connectivity index (χ0n) is 13.8. The Kier molecular flexibility index (Phi) is 4.21. The highest BCUT2D eigenvalue weighted by Gasteiger charge is 2.24. The lowest BCUT2D eigenvalue weighted by Gasteiger charge is -2.31. The van der Waals surface area contributed by atoms with Gasteiger partial charge in [0.15, 0.2) is 5.58 Å². The number of piperidine rings is 1. The number of pyridine rings is 1. The van der Waals surface area contributed by atoms with Gasteiger partial charge in [0, 0.05) is 31.3 Å². The van der Waals surface area contributed by atoms with Crippen LogP contribution in [0.2, 0.25) is 0 Å². The molecular weight excluding hydrogens is 316 g/mol. The van der Waals surface area contributed by atoms with Crippen molar-refractivity contribution in [3.8, 4) is 11.9 Å². The molecule has 3 heterocycles. The third-order valence-electron chi connectivity index (χ3n) is 4.40. The van der Waals surface area contributed by atoms with Gasteiger partial charge >= 0.3 is 0 Å². The fourth-order valence-electron chi connectivity index (χ4n) is 3.13. The monoisotopic (exact) mass is 334 g/mol. The van der Waals surface area contributed by atoms with E-state index in [-0.39, 0.29) is 0 Å². The Morgan fingerprint density at radius 1 is 1.32 bits per heavy atom. The maximum atomic E-state index is 8.94. The van der Waals surface area contributed by atoms with Crippen LogP contribution in [0.1, 0.15) is 18.4 Å². The zero-order valence-corrected chi connectivity index (χ0v) is 13.8. The third kappa shape index (κ3) is 3.41. The summed E-state index contributed by atoms with van der Waals surface area (Å²) in [5, 5.41) is 8.94. The molecule has 1 aromatic carbocycles. The molecule has 3 aromatic rings. The van der Waals surface area contributed by atoms with Gasteiger partial charge in [0.2, 0.25) is 5.88 Å². The lowest BCUT2D eigenvalue weighted by molar-refractivity contribution is 0.219. The maximum Gasteiger partial charge on any atom is 0.298 e. The van der Waals surface area contributed by atoms with E-state index in [2.05, 4.69) is 20.9 Å². The summed E-state index contributed by atoms with van der Waals surface area (Å²) in [4.78, 5) is 10.9. The van der Waals surface area contributed by atoms with Gasteiger partial charge in [-0.3, -0.25) is 0 Å². The van der Waals surface area contributed by atoms with Gasteiger partial charge in [-0.2, -0.15) is 10.2 Å². The summed E-state index contributed by atoms with van der Waals surface area (Å²) in [6, 6.07) is 13.9. The average molecular weight is 334 g/mol. The van der Waals surface area contributed by atoms with Crippen LogP contribution in [-0.2, 0) is 0 Å². The number of anilines is 1. The number of para-hydroxylation sites is 2. The van der Waals surface area contributed by atoms with Crippen LogP contribution in [0.25, 0.3) is 11.1 Å². The molecule has 1 saturated heterocycles. The van der Waals surface area contributed by atoms with E-state index in [4.69, 9.17) is 14.4 Å². The predicted molar refractivity (Wildman–Crippen MR) is 93.4 cm³/mol. The molecule has 6 heteroatoms. The van der Waals surface area contributed by atoms with Crippen LogP contribution in [-0.4, -0.2) is 29.7 Å². The lowest BCUT2D eigenvalue weighted by atomic mass is 9.99. The molecule has 6 nitrogen and oxygen atoms in total. The highest BCUT2D eigenvalue weighted by molar-refractivity contribution is 5.74. The Morgan fingerprint density at radius 3 is 3.12 bits per heavy atom. The number of nitrogens with zero attached hydrogens (tertiary/aromatic N) is 4. The lowest BCUT2D eigenvalue weighted by Crippen LogP contribution is -2.38. The van der Waals surface area contributed by atoms with Crippen LogP contribution in [0, 0.1) is 17.2 Å². The fraction of sp³-hybridized carbons (Fsp3) is 0.316. The van der Waals surface area contributed by atoms with E-state index >= 15 is 0 Å². The molecule has 2 aromatic heterocycles. The number of hydrogen-bond acceptors (Lipinski definition) is 6. The molecular formula is C19H18N4O2. The Labute approximate surface area is 145 Å². The number of rotatable bonds is 4. The van der Waals surface area contributed by atoms with Crippen molar-refractivity contribution in [2.24, 2.45) is 5.92 Å². The summed E-state index contributed by atoms with van der Waals surface area (Å²) in [5.41, 5.74) is 2.25. The van der Waals surface area contributed by atoms with Gasteiger partial charge in [-0.25, -0.2) is 4.98 Å². The number of aromatic nitrogens is 2. The van der Waals surface area contributed by atoms with Gasteiger partial charge in [0.05, 0.1) is 18.2 Å². The summed E-state index contributed by atoms with van der Waals surface area (Å²) in [6.45, 7) is 2.34.